The molecular formula is C13H17F2NO2. The summed E-state index contributed by atoms with van der Waals surface area (Å²) < 4.78 is 25.8. The van der Waals surface area contributed by atoms with E-state index in [0.29, 0.717) is 6.42 Å². The Morgan fingerprint density at radius 3 is 2.83 bits per heavy atom. The van der Waals surface area contributed by atoms with Crippen LogP contribution in [0.5, 0.6) is 0 Å². The van der Waals surface area contributed by atoms with Crippen molar-refractivity contribution in [1.29, 1.82) is 0 Å². The van der Waals surface area contributed by atoms with Crippen molar-refractivity contribution in [2.75, 3.05) is 0 Å². The highest BCUT2D eigenvalue weighted by molar-refractivity contribution is 5.86. The molecule has 0 bridgehead atoms. The van der Waals surface area contributed by atoms with Gasteiger partial charge in [-0.3, -0.25) is 4.79 Å². The Kier molecular flexibility index (Phi) is 4.85. The van der Waals surface area contributed by atoms with Gasteiger partial charge in [0.15, 0.2) is 0 Å². The molecule has 18 heavy (non-hydrogen) atoms. The molecule has 1 aliphatic rings. The molecule has 1 fully saturated rings. The standard InChI is InChI=1S/C13H17F2NO2/c1-3-4-5-9(2)11(17)7-6-10-8-13(14,15)12(18)16-10/h6-7,9-11,17H,5,8H2,1-2H3,(H,16,18)/b7-6+/t9?,10-,11-/m0/s1. The lowest BCUT2D eigenvalue weighted by molar-refractivity contribution is -0.139. The number of carbonyl (C=O) groups excluding carboxylic acids is 1. The summed E-state index contributed by atoms with van der Waals surface area (Å²) in [5.41, 5.74) is 0. The molecule has 1 aliphatic heterocycles. The SMILES string of the molecule is CC#CCC(C)[C@@H](O)/C=C/[C@H]1CC(F)(F)C(=O)N1. The van der Waals surface area contributed by atoms with E-state index in [9.17, 15) is 18.7 Å². The number of hydrogen-bond acceptors (Lipinski definition) is 2. The van der Waals surface area contributed by atoms with Gasteiger partial charge in [-0.25, -0.2) is 0 Å². The van der Waals surface area contributed by atoms with Crippen LogP contribution in [0.2, 0.25) is 0 Å². The van der Waals surface area contributed by atoms with E-state index in [4.69, 9.17) is 0 Å². The Balaban J connectivity index is 2.49. The molecule has 0 radical (unpaired) electrons. The predicted octanol–water partition coefficient (Wildman–Crippen LogP) is 1.48. The molecule has 0 aromatic carbocycles. The first-order valence-corrected chi connectivity index (χ1v) is 5.81. The van der Waals surface area contributed by atoms with E-state index < -0.39 is 30.4 Å². The van der Waals surface area contributed by atoms with Gasteiger partial charge in [-0.2, -0.15) is 8.78 Å². The van der Waals surface area contributed by atoms with Crippen LogP contribution in [-0.4, -0.2) is 29.1 Å². The van der Waals surface area contributed by atoms with Gasteiger partial charge in [0, 0.05) is 12.8 Å². The van der Waals surface area contributed by atoms with Gasteiger partial charge in [0.2, 0.25) is 0 Å². The first-order chi connectivity index (χ1) is 8.36. The Morgan fingerprint density at radius 2 is 2.33 bits per heavy atom. The normalized spacial score (nSPS) is 25.4. The molecule has 0 spiro atoms. The third kappa shape index (κ3) is 3.81. The fourth-order valence-corrected chi connectivity index (χ4v) is 1.63. The monoisotopic (exact) mass is 257 g/mol. The fourth-order valence-electron chi connectivity index (χ4n) is 1.63. The summed E-state index contributed by atoms with van der Waals surface area (Å²) in [4.78, 5) is 10.9. The lowest BCUT2D eigenvalue weighted by Gasteiger charge is -2.13. The summed E-state index contributed by atoms with van der Waals surface area (Å²) in [7, 11) is 0. The van der Waals surface area contributed by atoms with Crippen molar-refractivity contribution in [2.24, 2.45) is 5.92 Å². The largest absolute Gasteiger partial charge is 0.389 e. The first kappa shape index (κ1) is 14.7. The number of halogens is 2. The molecule has 0 saturated carbocycles. The Labute approximate surface area is 105 Å². The minimum Gasteiger partial charge on any atom is -0.389 e. The van der Waals surface area contributed by atoms with Crippen LogP contribution in [0.4, 0.5) is 8.78 Å². The van der Waals surface area contributed by atoms with Crippen LogP contribution in [0.15, 0.2) is 12.2 Å². The van der Waals surface area contributed by atoms with Crippen molar-refractivity contribution in [3.63, 3.8) is 0 Å². The van der Waals surface area contributed by atoms with Crippen LogP contribution < -0.4 is 5.32 Å². The van der Waals surface area contributed by atoms with Crippen molar-refractivity contribution in [1.82, 2.24) is 5.32 Å². The second-order valence-corrected chi connectivity index (χ2v) is 4.47. The second-order valence-electron chi connectivity index (χ2n) is 4.47. The number of nitrogens with one attached hydrogen (secondary N) is 1. The third-order valence-electron chi connectivity index (χ3n) is 2.85. The van der Waals surface area contributed by atoms with Crippen LogP contribution in [0, 0.1) is 17.8 Å². The van der Waals surface area contributed by atoms with Gasteiger partial charge in [-0.05, 0) is 12.8 Å². The number of hydrogen-bond donors (Lipinski definition) is 2. The lowest BCUT2D eigenvalue weighted by Crippen LogP contribution is -2.30. The molecule has 3 nitrogen and oxygen atoms in total. The summed E-state index contributed by atoms with van der Waals surface area (Å²) in [5, 5.41) is 11.9. The summed E-state index contributed by atoms with van der Waals surface area (Å²) >= 11 is 0. The molecule has 3 atom stereocenters. The molecule has 0 aromatic heterocycles. The van der Waals surface area contributed by atoms with Gasteiger partial charge in [-0.1, -0.05) is 19.1 Å². The average Bonchev–Trinajstić information content (AvgIpc) is 2.57. The molecule has 0 aromatic rings. The van der Waals surface area contributed by atoms with Crippen molar-refractivity contribution >= 4 is 5.91 Å². The zero-order valence-electron chi connectivity index (χ0n) is 10.4. The van der Waals surface area contributed by atoms with Gasteiger partial charge in [0.1, 0.15) is 0 Å². The summed E-state index contributed by atoms with van der Waals surface area (Å²) in [6.07, 6.45) is 2.08. The Hall–Kier alpha value is -1.41. The minimum atomic E-state index is -3.31. The van der Waals surface area contributed by atoms with Crippen LogP contribution in [0.3, 0.4) is 0 Å². The number of alkyl halides is 2. The maximum atomic E-state index is 12.9. The molecule has 1 unspecified atom stereocenters. The summed E-state index contributed by atoms with van der Waals surface area (Å²) in [5.74, 6) is 0.932. The number of amides is 1. The zero-order chi connectivity index (χ0) is 13.8. The van der Waals surface area contributed by atoms with Gasteiger partial charge < -0.3 is 10.4 Å². The van der Waals surface area contributed by atoms with Gasteiger partial charge in [-0.15, -0.1) is 11.8 Å². The van der Waals surface area contributed by atoms with Crippen molar-refractivity contribution in [3.8, 4) is 11.8 Å². The summed E-state index contributed by atoms with van der Waals surface area (Å²) in [6.45, 7) is 3.53. The quantitative estimate of drug-likeness (QED) is 0.592. The van der Waals surface area contributed by atoms with E-state index in [2.05, 4.69) is 17.2 Å². The molecule has 5 heteroatoms. The van der Waals surface area contributed by atoms with E-state index in [0.717, 1.165) is 0 Å². The first-order valence-electron chi connectivity index (χ1n) is 5.81. The number of carbonyl (C=O) groups is 1. The minimum absolute atomic E-state index is 0.0775. The molecule has 2 N–H and O–H groups in total. The topological polar surface area (TPSA) is 49.3 Å². The number of aliphatic hydroxyl groups is 1. The van der Waals surface area contributed by atoms with Crippen LogP contribution in [-0.2, 0) is 4.79 Å². The molecular weight excluding hydrogens is 240 g/mol. The van der Waals surface area contributed by atoms with Crippen molar-refractivity contribution < 1.29 is 18.7 Å². The van der Waals surface area contributed by atoms with Crippen LogP contribution in [0.25, 0.3) is 0 Å². The lowest BCUT2D eigenvalue weighted by atomic mass is 10.00. The maximum Gasteiger partial charge on any atom is 0.326 e. The smallest absolute Gasteiger partial charge is 0.326 e. The van der Waals surface area contributed by atoms with E-state index in [1.165, 1.54) is 12.2 Å². The van der Waals surface area contributed by atoms with Gasteiger partial charge in [0.25, 0.3) is 5.91 Å². The Morgan fingerprint density at radius 1 is 1.67 bits per heavy atom. The second kappa shape index (κ2) is 5.96. The molecule has 1 rings (SSSR count). The molecule has 0 aliphatic carbocycles. The molecule has 100 valence electrons. The van der Waals surface area contributed by atoms with E-state index >= 15 is 0 Å². The number of aliphatic hydroxyl groups excluding tert-OH is 1. The zero-order valence-corrected chi connectivity index (χ0v) is 10.4. The highest BCUT2D eigenvalue weighted by atomic mass is 19.3. The van der Waals surface area contributed by atoms with Gasteiger partial charge >= 0.3 is 5.92 Å². The number of rotatable bonds is 4. The summed E-state index contributed by atoms with van der Waals surface area (Å²) in [6, 6.07) is -0.716. The maximum absolute atomic E-state index is 12.9. The van der Waals surface area contributed by atoms with Crippen LogP contribution in [0.1, 0.15) is 26.7 Å². The molecule has 1 saturated heterocycles. The highest BCUT2D eigenvalue weighted by Gasteiger charge is 2.47. The average molecular weight is 257 g/mol. The van der Waals surface area contributed by atoms with Gasteiger partial charge in [0.05, 0.1) is 12.1 Å². The van der Waals surface area contributed by atoms with E-state index in [1.54, 1.807) is 6.92 Å². The van der Waals surface area contributed by atoms with Crippen molar-refractivity contribution in [3.05, 3.63) is 12.2 Å². The molecule has 1 amide bonds. The van der Waals surface area contributed by atoms with Crippen molar-refractivity contribution in [2.45, 2.75) is 44.8 Å². The van der Waals surface area contributed by atoms with Crippen LogP contribution >= 0.6 is 0 Å². The third-order valence-corrected chi connectivity index (χ3v) is 2.85. The fraction of sp³-hybridized carbons (Fsp3) is 0.615. The molecule has 1 heterocycles. The predicted molar refractivity (Wildman–Crippen MR) is 63.9 cm³/mol. The van der Waals surface area contributed by atoms with E-state index in [1.807, 2.05) is 6.92 Å². The van der Waals surface area contributed by atoms with E-state index in [-0.39, 0.29) is 5.92 Å². The Bertz CT molecular complexity index is 396. The highest BCUT2D eigenvalue weighted by Crippen LogP contribution is 2.27.